The molecule has 0 saturated heterocycles. The molecule has 2 heterocycles. The highest BCUT2D eigenvalue weighted by Gasteiger charge is 2.20. The molecule has 3 rings (SSSR count). The fourth-order valence-electron chi connectivity index (χ4n) is 2.62. The minimum atomic E-state index is 0.164. The van der Waals surface area contributed by atoms with Crippen LogP contribution < -0.4 is 15.3 Å². The molecule has 0 aliphatic carbocycles. The summed E-state index contributed by atoms with van der Waals surface area (Å²) in [6.07, 6.45) is 8.60. The minimum absolute atomic E-state index is 0.164. The molecule has 0 radical (unpaired) electrons. The second-order valence-corrected chi connectivity index (χ2v) is 7.02. The van der Waals surface area contributed by atoms with E-state index in [0.717, 1.165) is 21.3 Å². The fraction of sp³-hybridized carbons (Fsp3) is 0.176. The zero-order valence-electron chi connectivity index (χ0n) is 12.2. The number of rotatable bonds is 1. The largest absolute Gasteiger partial charge is 0.342 e. The van der Waals surface area contributed by atoms with Crippen LogP contribution in [0.4, 0.5) is 5.69 Å². The first-order chi connectivity index (χ1) is 11.0. The van der Waals surface area contributed by atoms with Gasteiger partial charge in [-0.3, -0.25) is 4.98 Å². The highest BCUT2D eigenvalue weighted by atomic mass is 79.9. The molecule has 2 aromatic rings. The van der Waals surface area contributed by atoms with Gasteiger partial charge in [0.15, 0.2) is 0 Å². The van der Waals surface area contributed by atoms with Gasteiger partial charge in [0, 0.05) is 34.3 Å². The van der Waals surface area contributed by atoms with E-state index in [1.807, 2.05) is 17.3 Å². The lowest BCUT2D eigenvalue weighted by atomic mass is 10.1. The van der Waals surface area contributed by atoms with Gasteiger partial charge in [0.1, 0.15) is 0 Å². The van der Waals surface area contributed by atoms with E-state index in [1.165, 1.54) is 0 Å². The average molecular weight is 409 g/mol. The van der Waals surface area contributed by atoms with Gasteiger partial charge in [-0.1, -0.05) is 29.3 Å². The second kappa shape index (κ2) is 6.52. The van der Waals surface area contributed by atoms with Gasteiger partial charge in [-0.25, -0.2) is 0 Å². The molecule has 1 aromatic carbocycles. The minimum Gasteiger partial charge on any atom is -0.342 e. The number of benzene rings is 1. The number of halogens is 3. The SMILES string of the molecule is CC1CC=c2c(Br)cncc2=CN1c1c(Cl)cc(C#N)cc1Cl. The van der Waals surface area contributed by atoms with Crippen molar-refractivity contribution in [1.29, 1.82) is 5.26 Å². The van der Waals surface area contributed by atoms with E-state index in [0.29, 0.717) is 21.3 Å². The summed E-state index contributed by atoms with van der Waals surface area (Å²) < 4.78 is 0.956. The van der Waals surface area contributed by atoms with Crippen molar-refractivity contribution in [1.82, 2.24) is 4.98 Å². The van der Waals surface area contributed by atoms with Crippen molar-refractivity contribution in [3.8, 4) is 6.07 Å². The van der Waals surface area contributed by atoms with Crippen LogP contribution in [-0.2, 0) is 0 Å². The highest BCUT2D eigenvalue weighted by Crippen LogP contribution is 2.37. The number of hydrogen-bond acceptors (Lipinski definition) is 3. The Kier molecular flexibility index (Phi) is 4.63. The summed E-state index contributed by atoms with van der Waals surface area (Å²) in [5, 5.41) is 12.1. The predicted octanol–water partition coefficient (Wildman–Crippen LogP) is 3.84. The standard InChI is InChI=1S/C17H12BrCl2N3/c1-10-2-3-13-12(7-22-8-14(13)18)9-23(10)17-15(19)4-11(6-21)5-16(17)20/h3-5,7-10H,2H2,1H3. The Morgan fingerprint density at radius 1 is 1.30 bits per heavy atom. The van der Waals surface area contributed by atoms with Gasteiger partial charge in [-0.2, -0.15) is 5.26 Å². The maximum atomic E-state index is 9.04. The predicted molar refractivity (Wildman–Crippen MR) is 97.9 cm³/mol. The molecule has 1 aromatic heterocycles. The number of nitrogens with zero attached hydrogens (tertiary/aromatic N) is 3. The third kappa shape index (κ3) is 3.10. The Balaban J connectivity index is 2.23. The number of hydrogen-bond donors (Lipinski definition) is 0. The van der Waals surface area contributed by atoms with E-state index < -0.39 is 0 Å². The highest BCUT2D eigenvalue weighted by molar-refractivity contribution is 9.10. The third-order valence-electron chi connectivity index (χ3n) is 3.79. The number of anilines is 1. The second-order valence-electron chi connectivity index (χ2n) is 5.35. The zero-order chi connectivity index (χ0) is 16.6. The molecule has 1 aliphatic heterocycles. The normalized spacial score (nSPS) is 16.7. The van der Waals surface area contributed by atoms with Crippen LogP contribution in [-0.4, -0.2) is 11.0 Å². The summed E-state index contributed by atoms with van der Waals surface area (Å²) in [6, 6.07) is 5.50. The monoisotopic (exact) mass is 407 g/mol. The Bertz CT molecular complexity index is 911. The summed E-state index contributed by atoms with van der Waals surface area (Å²) >= 11 is 16.3. The van der Waals surface area contributed by atoms with Crippen LogP contribution in [0, 0.1) is 11.3 Å². The maximum Gasteiger partial charge on any atom is 0.0992 e. The molecule has 0 spiro atoms. The first kappa shape index (κ1) is 16.3. The molecule has 0 N–H and O–H groups in total. The van der Waals surface area contributed by atoms with Gasteiger partial charge >= 0.3 is 0 Å². The van der Waals surface area contributed by atoms with Crippen LogP contribution in [0.1, 0.15) is 18.9 Å². The quantitative estimate of drug-likeness (QED) is 0.719. The van der Waals surface area contributed by atoms with Crippen molar-refractivity contribution in [2.75, 3.05) is 4.90 Å². The van der Waals surface area contributed by atoms with Crippen LogP contribution in [0.15, 0.2) is 29.0 Å². The van der Waals surface area contributed by atoms with Crippen LogP contribution in [0.2, 0.25) is 10.0 Å². The van der Waals surface area contributed by atoms with Gasteiger partial charge in [-0.15, -0.1) is 0 Å². The van der Waals surface area contributed by atoms with Crippen molar-refractivity contribution in [2.24, 2.45) is 0 Å². The van der Waals surface area contributed by atoms with Crippen molar-refractivity contribution >= 4 is 57.1 Å². The van der Waals surface area contributed by atoms with E-state index in [-0.39, 0.29) is 6.04 Å². The number of pyridine rings is 1. The number of aromatic nitrogens is 1. The van der Waals surface area contributed by atoms with E-state index in [2.05, 4.69) is 40.0 Å². The van der Waals surface area contributed by atoms with E-state index in [1.54, 1.807) is 18.3 Å². The van der Waals surface area contributed by atoms with E-state index >= 15 is 0 Å². The number of nitriles is 1. The van der Waals surface area contributed by atoms with Crippen LogP contribution in [0.5, 0.6) is 0 Å². The smallest absolute Gasteiger partial charge is 0.0992 e. The molecule has 0 saturated carbocycles. The first-order valence-corrected chi connectivity index (χ1v) is 8.55. The lowest BCUT2D eigenvalue weighted by Gasteiger charge is -2.28. The molecule has 0 fully saturated rings. The van der Waals surface area contributed by atoms with Gasteiger partial charge < -0.3 is 4.90 Å². The van der Waals surface area contributed by atoms with Crippen molar-refractivity contribution in [3.05, 3.63) is 55.0 Å². The van der Waals surface area contributed by atoms with Gasteiger partial charge in [0.2, 0.25) is 0 Å². The third-order valence-corrected chi connectivity index (χ3v) is 5.00. The Morgan fingerprint density at radius 3 is 2.65 bits per heavy atom. The lowest BCUT2D eigenvalue weighted by molar-refractivity contribution is 0.757. The topological polar surface area (TPSA) is 39.9 Å². The average Bonchev–Trinajstić information content (AvgIpc) is 2.67. The molecule has 116 valence electrons. The summed E-state index contributed by atoms with van der Waals surface area (Å²) in [5.41, 5.74) is 1.16. The summed E-state index contributed by atoms with van der Waals surface area (Å²) in [4.78, 5) is 6.27. The summed E-state index contributed by atoms with van der Waals surface area (Å²) in [6.45, 7) is 2.10. The molecule has 0 bridgehead atoms. The van der Waals surface area contributed by atoms with E-state index in [9.17, 15) is 0 Å². The maximum absolute atomic E-state index is 9.04. The molecule has 23 heavy (non-hydrogen) atoms. The first-order valence-electron chi connectivity index (χ1n) is 7.00. The van der Waals surface area contributed by atoms with Crippen LogP contribution >= 0.6 is 39.1 Å². The van der Waals surface area contributed by atoms with Gasteiger partial charge in [-0.05, 0) is 46.6 Å². The molecule has 0 amide bonds. The summed E-state index contributed by atoms with van der Waals surface area (Å²) in [5.74, 6) is 0. The Morgan fingerprint density at radius 2 is 2.00 bits per heavy atom. The Hall–Kier alpha value is -1.54. The van der Waals surface area contributed by atoms with E-state index in [4.69, 9.17) is 28.5 Å². The molecule has 3 nitrogen and oxygen atoms in total. The van der Waals surface area contributed by atoms with Gasteiger partial charge in [0.25, 0.3) is 0 Å². The molecule has 1 unspecified atom stereocenters. The molecule has 6 heteroatoms. The van der Waals surface area contributed by atoms with Gasteiger partial charge in [0.05, 0.1) is 27.4 Å². The fourth-order valence-corrected chi connectivity index (χ4v) is 3.81. The molecular weight excluding hydrogens is 397 g/mol. The molecule has 1 aliphatic rings. The van der Waals surface area contributed by atoms with Crippen molar-refractivity contribution < 1.29 is 0 Å². The Labute approximate surface area is 152 Å². The lowest BCUT2D eigenvalue weighted by Crippen LogP contribution is -2.31. The molecular formula is C17H12BrCl2N3. The molecule has 1 atom stereocenters. The van der Waals surface area contributed by atoms with Crippen LogP contribution in [0.25, 0.3) is 12.3 Å². The summed E-state index contributed by atoms with van der Waals surface area (Å²) in [7, 11) is 0. The zero-order valence-corrected chi connectivity index (χ0v) is 15.3. The number of fused-ring (bicyclic) bond motifs is 1. The van der Waals surface area contributed by atoms with Crippen molar-refractivity contribution in [2.45, 2.75) is 19.4 Å². The van der Waals surface area contributed by atoms with Crippen LogP contribution in [0.3, 0.4) is 0 Å². The van der Waals surface area contributed by atoms with Crippen molar-refractivity contribution in [3.63, 3.8) is 0 Å².